The Balaban J connectivity index is 0.000000414. The van der Waals surface area contributed by atoms with E-state index in [9.17, 15) is 18.8 Å². The van der Waals surface area contributed by atoms with E-state index < -0.39 is 11.9 Å². The smallest absolute Gasteiger partial charge is 0.328 e. The fourth-order valence-electron chi connectivity index (χ4n) is 4.08. The van der Waals surface area contributed by atoms with Gasteiger partial charge in [0.05, 0.1) is 12.3 Å². The molecule has 0 aliphatic carbocycles. The first-order valence-electron chi connectivity index (χ1n) is 11.9. The van der Waals surface area contributed by atoms with Gasteiger partial charge in [0.2, 0.25) is 0 Å². The largest absolute Gasteiger partial charge is 0.494 e. The maximum absolute atomic E-state index is 13.3. The number of likely N-dealkylation sites (tertiary alicyclic amines) is 1. The molecule has 37 heavy (non-hydrogen) atoms. The van der Waals surface area contributed by atoms with E-state index in [1.807, 2.05) is 12.1 Å². The number of carbonyl (C=O) groups is 3. The van der Waals surface area contributed by atoms with Crippen LogP contribution in [0.1, 0.15) is 48.2 Å². The second kappa shape index (κ2) is 13.3. The molecule has 1 fully saturated rings. The van der Waals surface area contributed by atoms with Crippen LogP contribution in [-0.4, -0.2) is 64.2 Å². The number of piperidine rings is 1. The van der Waals surface area contributed by atoms with Gasteiger partial charge in [0, 0.05) is 41.6 Å². The molecule has 0 saturated carbocycles. The third-order valence-corrected chi connectivity index (χ3v) is 5.93. The lowest BCUT2D eigenvalue weighted by molar-refractivity contribution is -0.134. The SMILES string of the molecule is CC(=O)c1cccc(OCCCN2CCC(c3noc4cc(F)ccc34)CC2)c1.O=C(O)/C=C/C(=O)O. The highest BCUT2D eigenvalue weighted by Crippen LogP contribution is 2.32. The van der Waals surface area contributed by atoms with E-state index in [0.717, 1.165) is 55.7 Å². The van der Waals surface area contributed by atoms with Crippen LogP contribution in [0.25, 0.3) is 11.0 Å². The normalized spacial score (nSPS) is 14.3. The van der Waals surface area contributed by atoms with Gasteiger partial charge in [-0.05, 0) is 63.5 Å². The predicted octanol–water partition coefficient (Wildman–Crippen LogP) is 4.53. The number of hydrogen-bond donors (Lipinski definition) is 2. The highest BCUT2D eigenvalue weighted by Gasteiger charge is 2.25. The Morgan fingerprint density at radius 1 is 1.11 bits per heavy atom. The number of rotatable bonds is 9. The quantitative estimate of drug-likeness (QED) is 0.241. The molecule has 10 heteroatoms. The summed E-state index contributed by atoms with van der Waals surface area (Å²) in [5, 5.41) is 20.8. The maximum atomic E-state index is 13.3. The number of benzene rings is 2. The first-order chi connectivity index (χ1) is 17.7. The zero-order valence-electron chi connectivity index (χ0n) is 20.4. The van der Waals surface area contributed by atoms with Gasteiger partial charge in [-0.2, -0.15) is 0 Å². The van der Waals surface area contributed by atoms with E-state index in [4.69, 9.17) is 19.5 Å². The van der Waals surface area contributed by atoms with Gasteiger partial charge in [-0.25, -0.2) is 14.0 Å². The summed E-state index contributed by atoms with van der Waals surface area (Å²) in [4.78, 5) is 33.0. The van der Waals surface area contributed by atoms with Crippen molar-refractivity contribution in [1.82, 2.24) is 10.1 Å². The van der Waals surface area contributed by atoms with Crippen LogP contribution >= 0.6 is 0 Å². The zero-order chi connectivity index (χ0) is 26.8. The molecule has 0 atom stereocenters. The molecular formula is C27H29FN2O7. The van der Waals surface area contributed by atoms with Crippen molar-refractivity contribution in [3.8, 4) is 5.75 Å². The highest BCUT2D eigenvalue weighted by atomic mass is 19.1. The number of carboxylic acid groups (broad SMARTS) is 2. The third kappa shape index (κ3) is 8.53. The maximum Gasteiger partial charge on any atom is 0.328 e. The Kier molecular flexibility index (Phi) is 9.91. The molecule has 0 unspecified atom stereocenters. The second-order valence-electron chi connectivity index (χ2n) is 8.62. The van der Waals surface area contributed by atoms with E-state index >= 15 is 0 Å². The number of aromatic nitrogens is 1. The number of halogens is 1. The van der Waals surface area contributed by atoms with Crippen molar-refractivity contribution >= 4 is 28.7 Å². The number of ketones is 1. The molecule has 2 N–H and O–H groups in total. The summed E-state index contributed by atoms with van der Waals surface area (Å²) in [5.74, 6) is -1.68. The van der Waals surface area contributed by atoms with Gasteiger partial charge in [0.25, 0.3) is 0 Å². The summed E-state index contributed by atoms with van der Waals surface area (Å²) in [6.45, 7) is 5.16. The van der Waals surface area contributed by atoms with E-state index in [0.29, 0.717) is 35.8 Å². The minimum atomic E-state index is -1.26. The zero-order valence-corrected chi connectivity index (χ0v) is 20.4. The Hall–Kier alpha value is -4.05. The topological polar surface area (TPSA) is 130 Å². The van der Waals surface area contributed by atoms with Gasteiger partial charge < -0.3 is 24.4 Å². The van der Waals surface area contributed by atoms with Gasteiger partial charge in [-0.1, -0.05) is 17.3 Å². The molecule has 1 aliphatic rings. The molecule has 3 aromatic rings. The van der Waals surface area contributed by atoms with Crippen LogP contribution in [0, 0.1) is 5.82 Å². The average molecular weight is 513 g/mol. The Morgan fingerprint density at radius 2 is 1.81 bits per heavy atom. The summed E-state index contributed by atoms with van der Waals surface area (Å²) < 4.78 is 24.4. The van der Waals surface area contributed by atoms with E-state index in [2.05, 4.69) is 10.1 Å². The van der Waals surface area contributed by atoms with Crippen LogP contribution in [0.5, 0.6) is 5.75 Å². The Labute approximate surface area is 213 Å². The number of fused-ring (bicyclic) bond motifs is 1. The standard InChI is InChI=1S/C23H25FN2O3.C4H4O4/c1-16(27)18-4-2-5-20(14-18)28-13-3-10-26-11-8-17(9-12-26)23-21-7-6-19(24)15-22(21)29-25-23;5-3(6)1-2-4(7)8/h2,4-7,14-15,17H,3,8-13H2,1H3;1-2H,(H,5,6)(H,7,8)/b;2-1+. The highest BCUT2D eigenvalue weighted by molar-refractivity contribution is 5.94. The van der Waals surface area contributed by atoms with E-state index in [1.165, 1.54) is 12.1 Å². The molecule has 0 spiro atoms. The van der Waals surface area contributed by atoms with Crippen molar-refractivity contribution in [3.63, 3.8) is 0 Å². The fourth-order valence-corrected chi connectivity index (χ4v) is 4.08. The lowest BCUT2D eigenvalue weighted by atomic mass is 9.91. The summed E-state index contributed by atoms with van der Waals surface area (Å²) >= 11 is 0. The molecule has 2 aromatic carbocycles. The average Bonchev–Trinajstić information content (AvgIpc) is 3.29. The molecule has 1 saturated heterocycles. The molecule has 0 bridgehead atoms. The van der Waals surface area contributed by atoms with E-state index in [1.54, 1.807) is 25.1 Å². The minimum Gasteiger partial charge on any atom is -0.494 e. The predicted molar refractivity (Wildman–Crippen MR) is 133 cm³/mol. The molecule has 196 valence electrons. The van der Waals surface area contributed by atoms with Gasteiger partial charge in [-0.3, -0.25) is 4.79 Å². The number of ether oxygens (including phenoxy) is 1. The first-order valence-corrected chi connectivity index (χ1v) is 11.9. The van der Waals surface area contributed by atoms with Crippen LogP contribution in [-0.2, 0) is 9.59 Å². The molecular weight excluding hydrogens is 483 g/mol. The Morgan fingerprint density at radius 3 is 2.46 bits per heavy atom. The molecule has 0 amide bonds. The Bertz CT molecular complexity index is 1250. The lowest BCUT2D eigenvalue weighted by Gasteiger charge is -2.31. The number of carboxylic acids is 2. The monoisotopic (exact) mass is 512 g/mol. The number of nitrogens with zero attached hydrogens (tertiary/aromatic N) is 2. The molecule has 9 nitrogen and oxygen atoms in total. The molecule has 1 aromatic heterocycles. The van der Waals surface area contributed by atoms with Gasteiger partial charge in [0.15, 0.2) is 11.4 Å². The fraction of sp³-hybridized carbons (Fsp3) is 0.333. The molecule has 1 aliphatic heterocycles. The third-order valence-electron chi connectivity index (χ3n) is 5.93. The molecule has 0 radical (unpaired) electrons. The van der Waals surface area contributed by atoms with Crippen LogP contribution in [0.2, 0.25) is 0 Å². The van der Waals surface area contributed by atoms with Crippen LogP contribution in [0.3, 0.4) is 0 Å². The number of carbonyl (C=O) groups excluding carboxylic acids is 1. The summed E-state index contributed by atoms with van der Waals surface area (Å²) in [5.41, 5.74) is 2.15. The second-order valence-corrected chi connectivity index (χ2v) is 8.62. The van der Waals surface area contributed by atoms with Crippen molar-refractivity contribution in [1.29, 1.82) is 0 Å². The van der Waals surface area contributed by atoms with Crippen molar-refractivity contribution < 1.29 is 38.2 Å². The lowest BCUT2D eigenvalue weighted by Crippen LogP contribution is -2.34. The van der Waals surface area contributed by atoms with Gasteiger partial charge in [-0.15, -0.1) is 0 Å². The van der Waals surface area contributed by atoms with Crippen LogP contribution in [0.4, 0.5) is 4.39 Å². The van der Waals surface area contributed by atoms with E-state index in [-0.39, 0.29) is 11.6 Å². The number of Topliss-reactive ketones (excluding diaryl/α,β-unsaturated/α-hetero) is 1. The summed E-state index contributed by atoms with van der Waals surface area (Å²) in [7, 11) is 0. The van der Waals surface area contributed by atoms with Crippen LogP contribution < -0.4 is 4.74 Å². The number of aliphatic carboxylic acids is 2. The molecule has 4 rings (SSSR count). The first kappa shape index (κ1) is 27.5. The van der Waals surface area contributed by atoms with Crippen molar-refractivity contribution in [2.45, 2.75) is 32.1 Å². The summed E-state index contributed by atoms with van der Waals surface area (Å²) in [6.07, 6.45) is 4.08. The van der Waals surface area contributed by atoms with Gasteiger partial charge >= 0.3 is 11.9 Å². The van der Waals surface area contributed by atoms with Crippen molar-refractivity contribution in [2.24, 2.45) is 0 Å². The van der Waals surface area contributed by atoms with Crippen molar-refractivity contribution in [3.05, 3.63) is 71.7 Å². The van der Waals surface area contributed by atoms with Crippen LogP contribution in [0.15, 0.2) is 59.1 Å². The minimum absolute atomic E-state index is 0.0448. The van der Waals surface area contributed by atoms with Crippen molar-refractivity contribution in [2.75, 3.05) is 26.2 Å². The summed E-state index contributed by atoms with van der Waals surface area (Å²) in [6, 6.07) is 11.9. The van der Waals surface area contributed by atoms with Gasteiger partial charge in [0.1, 0.15) is 11.6 Å². The number of hydrogen-bond acceptors (Lipinski definition) is 7. The molecule has 2 heterocycles.